The average Bonchev–Trinajstić information content (AvgIpc) is 2.26. The topological polar surface area (TPSA) is 29.1 Å². The standard InChI is InChI=1S/C14H17ClFNO/c1-14(2,13(18)17-9-5-3-6-9)10-7-4-8-11(15)12(10)16/h4,7-9H,3,5-6H2,1-2H3,(H,17,18). The molecular weight excluding hydrogens is 253 g/mol. The Labute approximate surface area is 112 Å². The minimum absolute atomic E-state index is 0.0528. The molecule has 18 heavy (non-hydrogen) atoms. The van der Waals surface area contributed by atoms with E-state index in [1.807, 2.05) is 0 Å². The summed E-state index contributed by atoms with van der Waals surface area (Å²) in [7, 11) is 0. The van der Waals surface area contributed by atoms with E-state index in [2.05, 4.69) is 5.32 Å². The molecule has 0 heterocycles. The van der Waals surface area contributed by atoms with Crippen molar-refractivity contribution in [1.82, 2.24) is 5.32 Å². The number of halogens is 2. The van der Waals surface area contributed by atoms with Gasteiger partial charge in [0.15, 0.2) is 0 Å². The lowest BCUT2D eigenvalue weighted by Gasteiger charge is -2.32. The molecule has 1 aromatic carbocycles. The summed E-state index contributed by atoms with van der Waals surface area (Å²) in [4.78, 5) is 12.2. The molecule has 1 N–H and O–H groups in total. The maximum absolute atomic E-state index is 14.0. The van der Waals surface area contributed by atoms with Crippen LogP contribution in [0.25, 0.3) is 0 Å². The van der Waals surface area contributed by atoms with Crippen LogP contribution in [0.3, 0.4) is 0 Å². The molecule has 1 fully saturated rings. The van der Waals surface area contributed by atoms with Crippen LogP contribution in [0.5, 0.6) is 0 Å². The third kappa shape index (κ3) is 2.37. The van der Waals surface area contributed by atoms with Crippen LogP contribution < -0.4 is 5.32 Å². The number of amides is 1. The molecule has 1 aliphatic carbocycles. The molecule has 0 aliphatic heterocycles. The molecule has 0 spiro atoms. The van der Waals surface area contributed by atoms with E-state index in [-0.39, 0.29) is 17.0 Å². The van der Waals surface area contributed by atoms with Crippen molar-refractivity contribution in [3.05, 3.63) is 34.6 Å². The van der Waals surface area contributed by atoms with Gasteiger partial charge in [0.25, 0.3) is 0 Å². The lowest BCUT2D eigenvalue weighted by atomic mass is 9.82. The van der Waals surface area contributed by atoms with Crippen LogP contribution in [0.4, 0.5) is 4.39 Å². The predicted octanol–water partition coefficient (Wildman–Crippen LogP) is 3.43. The van der Waals surface area contributed by atoms with Gasteiger partial charge in [-0.2, -0.15) is 0 Å². The van der Waals surface area contributed by atoms with E-state index in [0.717, 1.165) is 19.3 Å². The summed E-state index contributed by atoms with van der Waals surface area (Å²) in [6.45, 7) is 3.44. The van der Waals surface area contributed by atoms with E-state index >= 15 is 0 Å². The van der Waals surface area contributed by atoms with Crippen LogP contribution in [-0.4, -0.2) is 11.9 Å². The SMILES string of the molecule is CC(C)(C(=O)NC1CCC1)c1cccc(Cl)c1F. The number of benzene rings is 1. The highest BCUT2D eigenvalue weighted by Gasteiger charge is 2.35. The monoisotopic (exact) mass is 269 g/mol. The maximum Gasteiger partial charge on any atom is 0.230 e. The van der Waals surface area contributed by atoms with Crippen molar-refractivity contribution in [2.24, 2.45) is 0 Å². The highest BCUT2D eigenvalue weighted by Crippen LogP contribution is 2.30. The van der Waals surface area contributed by atoms with E-state index in [0.29, 0.717) is 5.56 Å². The summed E-state index contributed by atoms with van der Waals surface area (Å²) in [6, 6.07) is 5.01. The summed E-state index contributed by atoms with van der Waals surface area (Å²) in [5.74, 6) is -0.652. The first-order valence-corrected chi connectivity index (χ1v) is 6.56. The fraction of sp³-hybridized carbons (Fsp3) is 0.500. The molecule has 0 radical (unpaired) electrons. The van der Waals surface area contributed by atoms with Crippen molar-refractivity contribution in [2.45, 2.75) is 44.6 Å². The zero-order valence-corrected chi connectivity index (χ0v) is 11.4. The summed E-state index contributed by atoms with van der Waals surface area (Å²) in [5.41, 5.74) is -0.572. The Kier molecular flexibility index (Phi) is 3.62. The Morgan fingerprint density at radius 2 is 2.11 bits per heavy atom. The van der Waals surface area contributed by atoms with Gasteiger partial charge in [-0.3, -0.25) is 4.79 Å². The zero-order chi connectivity index (χ0) is 13.3. The molecule has 0 atom stereocenters. The van der Waals surface area contributed by atoms with E-state index < -0.39 is 11.2 Å². The fourth-order valence-electron chi connectivity index (χ4n) is 2.03. The highest BCUT2D eigenvalue weighted by molar-refractivity contribution is 6.30. The van der Waals surface area contributed by atoms with Gasteiger partial charge in [0, 0.05) is 11.6 Å². The van der Waals surface area contributed by atoms with Crippen molar-refractivity contribution < 1.29 is 9.18 Å². The highest BCUT2D eigenvalue weighted by atomic mass is 35.5. The van der Waals surface area contributed by atoms with Gasteiger partial charge < -0.3 is 5.32 Å². The van der Waals surface area contributed by atoms with E-state index in [1.165, 1.54) is 6.07 Å². The van der Waals surface area contributed by atoms with Crippen molar-refractivity contribution in [2.75, 3.05) is 0 Å². The van der Waals surface area contributed by atoms with Gasteiger partial charge in [-0.15, -0.1) is 0 Å². The summed E-state index contributed by atoms with van der Waals surface area (Å²) >= 11 is 5.76. The van der Waals surface area contributed by atoms with Gasteiger partial charge in [-0.05, 0) is 39.2 Å². The van der Waals surface area contributed by atoms with Gasteiger partial charge >= 0.3 is 0 Å². The molecular formula is C14H17ClFNO. The number of carbonyl (C=O) groups excluding carboxylic acids is 1. The molecule has 0 saturated heterocycles. The van der Waals surface area contributed by atoms with Crippen molar-refractivity contribution >= 4 is 17.5 Å². The second-order valence-electron chi connectivity index (χ2n) is 5.33. The second kappa shape index (κ2) is 4.88. The number of carbonyl (C=O) groups is 1. The first kappa shape index (κ1) is 13.3. The van der Waals surface area contributed by atoms with E-state index in [1.54, 1.807) is 26.0 Å². The van der Waals surface area contributed by atoms with Crippen LogP contribution >= 0.6 is 11.6 Å². The van der Waals surface area contributed by atoms with Gasteiger partial charge in [0.1, 0.15) is 5.82 Å². The lowest BCUT2D eigenvalue weighted by molar-refractivity contribution is -0.127. The summed E-state index contributed by atoms with van der Waals surface area (Å²) in [6.07, 6.45) is 3.18. The minimum Gasteiger partial charge on any atom is -0.353 e. The van der Waals surface area contributed by atoms with Crippen LogP contribution in [0.15, 0.2) is 18.2 Å². The lowest BCUT2D eigenvalue weighted by Crippen LogP contribution is -2.47. The molecule has 1 aliphatic rings. The Balaban J connectivity index is 2.23. The van der Waals surface area contributed by atoms with Crippen LogP contribution in [0.2, 0.25) is 5.02 Å². The number of hydrogen-bond acceptors (Lipinski definition) is 1. The third-order valence-corrected chi connectivity index (χ3v) is 3.92. The first-order valence-electron chi connectivity index (χ1n) is 6.18. The van der Waals surface area contributed by atoms with Gasteiger partial charge in [-0.1, -0.05) is 23.7 Å². The number of rotatable bonds is 3. The molecule has 98 valence electrons. The molecule has 1 saturated carbocycles. The van der Waals surface area contributed by atoms with Crippen molar-refractivity contribution in [1.29, 1.82) is 0 Å². The van der Waals surface area contributed by atoms with Gasteiger partial charge in [0.05, 0.1) is 10.4 Å². The zero-order valence-electron chi connectivity index (χ0n) is 10.6. The van der Waals surface area contributed by atoms with Crippen molar-refractivity contribution in [3.63, 3.8) is 0 Å². The Bertz CT molecular complexity index is 469. The number of hydrogen-bond donors (Lipinski definition) is 1. The van der Waals surface area contributed by atoms with Crippen LogP contribution in [-0.2, 0) is 10.2 Å². The molecule has 0 unspecified atom stereocenters. The molecule has 1 amide bonds. The van der Waals surface area contributed by atoms with Crippen molar-refractivity contribution in [3.8, 4) is 0 Å². The summed E-state index contributed by atoms with van der Waals surface area (Å²) in [5, 5.41) is 3.01. The smallest absolute Gasteiger partial charge is 0.230 e. The van der Waals surface area contributed by atoms with Gasteiger partial charge in [0.2, 0.25) is 5.91 Å². The summed E-state index contributed by atoms with van der Waals surface area (Å²) < 4.78 is 14.0. The fourth-order valence-corrected chi connectivity index (χ4v) is 2.20. The molecule has 2 rings (SSSR count). The Hall–Kier alpha value is -1.09. The molecule has 0 bridgehead atoms. The molecule has 2 nitrogen and oxygen atoms in total. The molecule has 1 aromatic rings. The molecule has 4 heteroatoms. The maximum atomic E-state index is 14.0. The van der Waals surface area contributed by atoms with E-state index in [9.17, 15) is 9.18 Å². The van der Waals surface area contributed by atoms with Crippen LogP contribution in [0, 0.1) is 5.82 Å². The Morgan fingerprint density at radius 3 is 2.67 bits per heavy atom. The van der Waals surface area contributed by atoms with Crippen LogP contribution in [0.1, 0.15) is 38.7 Å². The number of nitrogens with one attached hydrogen (secondary N) is 1. The Morgan fingerprint density at radius 1 is 1.44 bits per heavy atom. The third-order valence-electron chi connectivity index (χ3n) is 3.63. The normalized spacial score (nSPS) is 16.2. The second-order valence-corrected chi connectivity index (χ2v) is 5.73. The van der Waals surface area contributed by atoms with Gasteiger partial charge in [-0.25, -0.2) is 4.39 Å². The van der Waals surface area contributed by atoms with E-state index in [4.69, 9.17) is 11.6 Å². The first-order chi connectivity index (χ1) is 8.43. The largest absolute Gasteiger partial charge is 0.353 e. The molecule has 0 aromatic heterocycles. The minimum atomic E-state index is -0.912. The quantitative estimate of drug-likeness (QED) is 0.895. The average molecular weight is 270 g/mol. The predicted molar refractivity (Wildman–Crippen MR) is 70.2 cm³/mol.